The van der Waals surface area contributed by atoms with Gasteiger partial charge in [0, 0.05) is 6.54 Å². The highest BCUT2D eigenvalue weighted by Gasteiger charge is 2.16. The van der Waals surface area contributed by atoms with Gasteiger partial charge in [0.25, 0.3) is 0 Å². The summed E-state index contributed by atoms with van der Waals surface area (Å²) in [5, 5.41) is 3.80. The van der Waals surface area contributed by atoms with E-state index in [2.05, 4.69) is 27.2 Å². The second-order valence-electron chi connectivity index (χ2n) is 5.02. The van der Waals surface area contributed by atoms with Crippen molar-refractivity contribution < 1.29 is 4.74 Å². The highest BCUT2D eigenvalue weighted by molar-refractivity contribution is 6.32. The molecule has 2 heterocycles. The number of ether oxygens (including phenoxy) is 1. The van der Waals surface area contributed by atoms with Crippen LogP contribution in [0.1, 0.15) is 19.3 Å². The SMILES string of the molecule is COc1ncc(Cl)c(NCCC2CCN(C)CC2)n1. The monoisotopic (exact) mass is 284 g/mol. The molecule has 1 fully saturated rings. The van der Waals surface area contributed by atoms with E-state index in [0.717, 1.165) is 18.9 Å². The molecule has 1 saturated heterocycles. The second kappa shape index (κ2) is 6.91. The van der Waals surface area contributed by atoms with Gasteiger partial charge in [-0.3, -0.25) is 0 Å². The first-order valence-electron chi connectivity index (χ1n) is 6.68. The number of nitrogens with zero attached hydrogens (tertiary/aromatic N) is 3. The molecule has 1 aromatic rings. The van der Waals surface area contributed by atoms with Gasteiger partial charge in [0.2, 0.25) is 0 Å². The predicted octanol–water partition coefficient (Wildman–Crippen LogP) is 2.28. The summed E-state index contributed by atoms with van der Waals surface area (Å²) in [5.74, 6) is 1.45. The number of methoxy groups -OCH3 is 1. The van der Waals surface area contributed by atoms with E-state index >= 15 is 0 Å². The zero-order chi connectivity index (χ0) is 13.7. The van der Waals surface area contributed by atoms with Gasteiger partial charge >= 0.3 is 6.01 Å². The van der Waals surface area contributed by atoms with Crippen LogP contribution in [0.2, 0.25) is 5.02 Å². The van der Waals surface area contributed by atoms with Crippen molar-refractivity contribution in [3.63, 3.8) is 0 Å². The summed E-state index contributed by atoms with van der Waals surface area (Å²) in [4.78, 5) is 10.5. The van der Waals surface area contributed by atoms with Gasteiger partial charge in [0.15, 0.2) is 5.82 Å². The summed E-state index contributed by atoms with van der Waals surface area (Å²) in [7, 11) is 3.73. The molecule has 1 aliphatic heterocycles. The lowest BCUT2D eigenvalue weighted by molar-refractivity contribution is 0.215. The average Bonchev–Trinajstić information content (AvgIpc) is 2.43. The number of halogens is 1. The molecule has 19 heavy (non-hydrogen) atoms. The van der Waals surface area contributed by atoms with Gasteiger partial charge in [-0.25, -0.2) is 4.98 Å². The van der Waals surface area contributed by atoms with E-state index in [9.17, 15) is 0 Å². The topological polar surface area (TPSA) is 50.3 Å². The summed E-state index contributed by atoms with van der Waals surface area (Å²) in [5.41, 5.74) is 0. The number of likely N-dealkylation sites (tertiary alicyclic amines) is 1. The molecule has 0 saturated carbocycles. The molecule has 0 aliphatic carbocycles. The van der Waals surface area contributed by atoms with Crippen molar-refractivity contribution in [2.24, 2.45) is 5.92 Å². The number of aromatic nitrogens is 2. The molecule has 0 unspecified atom stereocenters. The fourth-order valence-electron chi connectivity index (χ4n) is 2.32. The minimum atomic E-state index is 0.339. The number of piperidine rings is 1. The Kier molecular flexibility index (Phi) is 5.22. The number of hydrogen-bond donors (Lipinski definition) is 1. The van der Waals surface area contributed by atoms with E-state index in [1.165, 1.54) is 25.9 Å². The summed E-state index contributed by atoms with van der Waals surface area (Å²) in [6, 6.07) is 0.339. The van der Waals surface area contributed by atoms with Gasteiger partial charge in [-0.2, -0.15) is 4.98 Å². The summed E-state index contributed by atoms with van der Waals surface area (Å²) < 4.78 is 4.99. The molecule has 0 radical (unpaired) electrons. The third-order valence-electron chi connectivity index (χ3n) is 3.59. The van der Waals surface area contributed by atoms with Gasteiger partial charge in [-0.15, -0.1) is 0 Å². The Labute approximate surface area is 119 Å². The highest BCUT2D eigenvalue weighted by atomic mass is 35.5. The highest BCUT2D eigenvalue weighted by Crippen LogP contribution is 2.22. The van der Waals surface area contributed by atoms with Crippen LogP contribution in [0.15, 0.2) is 6.20 Å². The maximum absolute atomic E-state index is 6.04. The Hall–Kier alpha value is -1.07. The van der Waals surface area contributed by atoms with Crippen molar-refractivity contribution in [1.29, 1.82) is 0 Å². The Morgan fingerprint density at radius 1 is 1.47 bits per heavy atom. The van der Waals surface area contributed by atoms with Crippen molar-refractivity contribution in [3.8, 4) is 6.01 Å². The van der Waals surface area contributed by atoms with Crippen LogP contribution in [0.3, 0.4) is 0 Å². The van der Waals surface area contributed by atoms with E-state index in [-0.39, 0.29) is 0 Å². The molecular formula is C13H21ClN4O. The maximum Gasteiger partial charge on any atom is 0.318 e. The minimum absolute atomic E-state index is 0.339. The van der Waals surface area contributed by atoms with Crippen LogP contribution in [0, 0.1) is 5.92 Å². The normalized spacial score (nSPS) is 17.4. The predicted molar refractivity (Wildman–Crippen MR) is 76.9 cm³/mol. The molecule has 6 heteroatoms. The molecular weight excluding hydrogens is 264 g/mol. The molecule has 5 nitrogen and oxygen atoms in total. The van der Waals surface area contributed by atoms with Crippen molar-refractivity contribution in [1.82, 2.24) is 14.9 Å². The van der Waals surface area contributed by atoms with Crippen LogP contribution in [0.5, 0.6) is 6.01 Å². The fraction of sp³-hybridized carbons (Fsp3) is 0.692. The zero-order valence-electron chi connectivity index (χ0n) is 11.5. The number of anilines is 1. The lowest BCUT2D eigenvalue weighted by atomic mass is 9.94. The van der Waals surface area contributed by atoms with E-state index in [1.807, 2.05) is 0 Å². The second-order valence-corrected chi connectivity index (χ2v) is 5.42. The molecule has 0 atom stereocenters. The molecule has 106 valence electrons. The first-order valence-corrected chi connectivity index (χ1v) is 7.05. The molecule has 1 aromatic heterocycles. The molecule has 0 aromatic carbocycles. The number of nitrogens with one attached hydrogen (secondary N) is 1. The van der Waals surface area contributed by atoms with E-state index in [1.54, 1.807) is 13.3 Å². The van der Waals surface area contributed by atoms with Crippen molar-refractivity contribution in [2.75, 3.05) is 39.1 Å². The van der Waals surface area contributed by atoms with Crippen LogP contribution in [-0.4, -0.2) is 48.7 Å². The summed E-state index contributed by atoms with van der Waals surface area (Å²) in [6.45, 7) is 3.29. The molecule has 1 aliphatic rings. The van der Waals surface area contributed by atoms with Crippen LogP contribution >= 0.6 is 11.6 Å². The van der Waals surface area contributed by atoms with E-state index in [0.29, 0.717) is 16.9 Å². The third kappa shape index (κ3) is 4.21. The number of hydrogen-bond acceptors (Lipinski definition) is 5. The van der Waals surface area contributed by atoms with Gasteiger partial charge in [-0.1, -0.05) is 11.6 Å². The first-order chi connectivity index (χ1) is 9.19. The molecule has 0 spiro atoms. The van der Waals surface area contributed by atoms with Gasteiger partial charge in [0.05, 0.1) is 13.3 Å². The molecule has 2 rings (SSSR count). The van der Waals surface area contributed by atoms with Crippen molar-refractivity contribution in [3.05, 3.63) is 11.2 Å². The molecule has 0 bridgehead atoms. The third-order valence-corrected chi connectivity index (χ3v) is 3.86. The largest absolute Gasteiger partial charge is 0.467 e. The summed E-state index contributed by atoms with van der Waals surface area (Å²) in [6.07, 6.45) is 5.26. The number of rotatable bonds is 5. The average molecular weight is 285 g/mol. The smallest absolute Gasteiger partial charge is 0.318 e. The minimum Gasteiger partial charge on any atom is -0.467 e. The summed E-state index contributed by atoms with van der Waals surface area (Å²) >= 11 is 6.04. The Morgan fingerprint density at radius 2 is 2.21 bits per heavy atom. The first kappa shape index (κ1) is 14.3. The quantitative estimate of drug-likeness (QED) is 0.899. The van der Waals surface area contributed by atoms with Crippen LogP contribution in [0.25, 0.3) is 0 Å². The Balaban J connectivity index is 1.79. The zero-order valence-corrected chi connectivity index (χ0v) is 12.3. The van der Waals surface area contributed by atoms with Crippen molar-refractivity contribution >= 4 is 17.4 Å². The maximum atomic E-state index is 6.04. The lowest BCUT2D eigenvalue weighted by Crippen LogP contribution is -2.30. The molecule has 0 amide bonds. The van der Waals surface area contributed by atoms with Gasteiger partial charge in [0.1, 0.15) is 5.02 Å². The van der Waals surface area contributed by atoms with E-state index in [4.69, 9.17) is 16.3 Å². The Morgan fingerprint density at radius 3 is 2.89 bits per heavy atom. The van der Waals surface area contributed by atoms with Crippen molar-refractivity contribution in [2.45, 2.75) is 19.3 Å². The van der Waals surface area contributed by atoms with E-state index < -0.39 is 0 Å². The van der Waals surface area contributed by atoms with Crippen LogP contribution in [0.4, 0.5) is 5.82 Å². The fourth-order valence-corrected chi connectivity index (χ4v) is 2.48. The Bertz CT molecular complexity index is 408. The molecule has 1 N–H and O–H groups in total. The van der Waals surface area contributed by atoms with Crippen LogP contribution in [-0.2, 0) is 0 Å². The van der Waals surface area contributed by atoms with Crippen LogP contribution < -0.4 is 10.1 Å². The van der Waals surface area contributed by atoms with Gasteiger partial charge in [-0.05, 0) is 45.3 Å². The lowest BCUT2D eigenvalue weighted by Gasteiger charge is -2.28. The standard InChI is InChI=1S/C13H21ClN4O/c1-18-7-4-10(5-8-18)3-6-15-12-11(14)9-16-13(17-12)19-2/h9-10H,3-8H2,1-2H3,(H,15,16,17). The van der Waals surface area contributed by atoms with Gasteiger partial charge < -0.3 is 15.0 Å².